The Kier molecular flexibility index (Phi) is 7.19. The molecule has 0 aliphatic carbocycles. The number of thiazole rings is 1. The maximum atomic E-state index is 11.8. The molecule has 102 valence electrons. The van der Waals surface area contributed by atoms with Crippen LogP contribution in [0.2, 0.25) is 0 Å². The third kappa shape index (κ3) is 4.89. The normalized spacial score (nSPS) is 19.7. The van der Waals surface area contributed by atoms with Gasteiger partial charge >= 0.3 is 0 Å². The molecule has 2 heterocycles. The predicted molar refractivity (Wildman–Crippen MR) is 73.3 cm³/mol. The van der Waals surface area contributed by atoms with E-state index in [0.717, 1.165) is 18.0 Å². The molecule has 1 saturated heterocycles. The Morgan fingerprint density at radius 1 is 1.67 bits per heavy atom. The van der Waals surface area contributed by atoms with Gasteiger partial charge in [0.25, 0.3) is 0 Å². The van der Waals surface area contributed by atoms with Crippen molar-refractivity contribution >= 4 is 29.7 Å². The highest BCUT2D eigenvalue weighted by molar-refractivity contribution is 7.09. The number of aromatic nitrogens is 1. The third-order valence-electron chi connectivity index (χ3n) is 2.63. The van der Waals surface area contributed by atoms with E-state index in [9.17, 15) is 4.79 Å². The van der Waals surface area contributed by atoms with E-state index in [1.54, 1.807) is 17.5 Å². The van der Waals surface area contributed by atoms with Gasteiger partial charge in [0.05, 0.1) is 24.1 Å². The van der Waals surface area contributed by atoms with Crippen molar-refractivity contribution in [2.75, 3.05) is 32.8 Å². The standard InChI is InChI=1S/C11H17N3O2S.ClH/c15-11(9-7-12-3-5-16-8-9)14-2-1-10-13-4-6-17-10;/h4,6,9,12H,1-3,5,7-8H2,(H,14,15);1H. The number of rotatable bonds is 4. The maximum Gasteiger partial charge on any atom is 0.226 e. The van der Waals surface area contributed by atoms with Crippen molar-refractivity contribution in [3.63, 3.8) is 0 Å². The van der Waals surface area contributed by atoms with Gasteiger partial charge in [0.1, 0.15) is 0 Å². The van der Waals surface area contributed by atoms with Crippen molar-refractivity contribution in [1.82, 2.24) is 15.6 Å². The van der Waals surface area contributed by atoms with Gasteiger partial charge in [-0.25, -0.2) is 4.98 Å². The van der Waals surface area contributed by atoms with E-state index < -0.39 is 0 Å². The number of hydrogen-bond acceptors (Lipinski definition) is 5. The number of amides is 1. The summed E-state index contributed by atoms with van der Waals surface area (Å²) in [5.41, 5.74) is 0. The summed E-state index contributed by atoms with van der Waals surface area (Å²) in [6, 6.07) is 0. The minimum atomic E-state index is -0.0752. The first kappa shape index (κ1) is 15.4. The topological polar surface area (TPSA) is 63.2 Å². The predicted octanol–water partition coefficient (Wildman–Crippen LogP) is 0.460. The lowest BCUT2D eigenvalue weighted by molar-refractivity contribution is -0.126. The molecule has 2 N–H and O–H groups in total. The summed E-state index contributed by atoms with van der Waals surface area (Å²) in [5, 5.41) is 9.11. The van der Waals surface area contributed by atoms with Crippen LogP contribution in [0.5, 0.6) is 0 Å². The fraction of sp³-hybridized carbons (Fsp3) is 0.636. The number of ether oxygens (including phenoxy) is 1. The molecule has 1 aliphatic heterocycles. The van der Waals surface area contributed by atoms with Crippen LogP contribution in [-0.2, 0) is 16.0 Å². The molecular formula is C11H18ClN3O2S. The van der Waals surface area contributed by atoms with Crippen LogP contribution < -0.4 is 10.6 Å². The van der Waals surface area contributed by atoms with Crippen LogP contribution in [0.3, 0.4) is 0 Å². The highest BCUT2D eigenvalue weighted by Gasteiger charge is 2.19. The number of nitrogens with one attached hydrogen (secondary N) is 2. The lowest BCUT2D eigenvalue weighted by Crippen LogP contribution is -2.38. The zero-order valence-electron chi connectivity index (χ0n) is 10.1. The summed E-state index contributed by atoms with van der Waals surface area (Å²) in [4.78, 5) is 16.0. The van der Waals surface area contributed by atoms with Crippen molar-refractivity contribution in [1.29, 1.82) is 0 Å². The Morgan fingerprint density at radius 3 is 3.33 bits per heavy atom. The first-order chi connectivity index (χ1) is 8.36. The molecule has 1 aromatic rings. The summed E-state index contributed by atoms with van der Waals surface area (Å²) < 4.78 is 5.35. The summed E-state index contributed by atoms with van der Waals surface area (Å²) in [7, 11) is 0. The molecule has 1 fully saturated rings. The third-order valence-corrected chi connectivity index (χ3v) is 3.46. The molecule has 2 rings (SSSR count). The number of halogens is 1. The quantitative estimate of drug-likeness (QED) is 0.846. The maximum absolute atomic E-state index is 11.8. The van der Waals surface area contributed by atoms with Crippen LogP contribution in [0.15, 0.2) is 11.6 Å². The Hall–Kier alpha value is -0.690. The molecule has 0 aromatic carbocycles. The zero-order chi connectivity index (χ0) is 11.9. The minimum Gasteiger partial charge on any atom is -0.379 e. The van der Waals surface area contributed by atoms with Gasteiger partial charge < -0.3 is 15.4 Å². The average Bonchev–Trinajstić information content (AvgIpc) is 2.69. The van der Waals surface area contributed by atoms with Gasteiger partial charge in [-0.1, -0.05) is 0 Å². The van der Waals surface area contributed by atoms with Gasteiger partial charge in [0.15, 0.2) is 0 Å². The highest BCUT2D eigenvalue weighted by atomic mass is 35.5. The highest BCUT2D eigenvalue weighted by Crippen LogP contribution is 2.04. The van der Waals surface area contributed by atoms with Gasteiger partial charge in [-0.15, -0.1) is 23.7 Å². The van der Waals surface area contributed by atoms with Crippen LogP contribution in [0.25, 0.3) is 0 Å². The molecule has 5 nitrogen and oxygen atoms in total. The van der Waals surface area contributed by atoms with Crippen molar-refractivity contribution < 1.29 is 9.53 Å². The van der Waals surface area contributed by atoms with Gasteiger partial charge in [0.2, 0.25) is 5.91 Å². The van der Waals surface area contributed by atoms with E-state index in [2.05, 4.69) is 15.6 Å². The Labute approximate surface area is 117 Å². The molecule has 1 aliphatic rings. The second kappa shape index (κ2) is 8.42. The van der Waals surface area contributed by atoms with E-state index in [-0.39, 0.29) is 24.2 Å². The number of carbonyl (C=O) groups excluding carboxylic acids is 1. The fourth-order valence-corrected chi connectivity index (χ4v) is 2.31. The summed E-state index contributed by atoms with van der Waals surface area (Å²) >= 11 is 1.61. The zero-order valence-corrected chi connectivity index (χ0v) is 11.7. The van der Waals surface area contributed by atoms with Crippen LogP contribution in [0, 0.1) is 5.92 Å². The van der Waals surface area contributed by atoms with Crippen molar-refractivity contribution in [2.24, 2.45) is 5.92 Å². The van der Waals surface area contributed by atoms with Gasteiger partial charge in [0, 0.05) is 37.6 Å². The van der Waals surface area contributed by atoms with Crippen molar-refractivity contribution in [3.8, 4) is 0 Å². The minimum absolute atomic E-state index is 0. The molecule has 1 atom stereocenters. The molecular weight excluding hydrogens is 274 g/mol. The number of carbonyl (C=O) groups is 1. The summed E-state index contributed by atoms with van der Waals surface area (Å²) in [6.07, 6.45) is 2.58. The van der Waals surface area contributed by atoms with Crippen molar-refractivity contribution in [2.45, 2.75) is 6.42 Å². The number of hydrogen-bond donors (Lipinski definition) is 2. The van der Waals surface area contributed by atoms with E-state index >= 15 is 0 Å². The van der Waals surface area contributed by atoms with E-state index in [4.69, 9.17) is 4.74 Å². The molecule has 0 saturated carbocycles. The van der Waals surface area contributed by atoms with E-state index in [0.29, 0.717) is 26.3 Å². The Morgan fingerprint density at radius 2 is 2.56 bits per heavy atom. The largest absolute Gasteiger partial charge is 0.379 e. The molecule has 0 spiro atoms. The summed E-state index contributed by atoms with van der Waals surface area (Å²) in [5.74, 6) is -0.00949. The first-order valence-corrected chi connectivity index (χ1v) is 6.69. The number of nitrogens with zero attached hydrogens (tertiary/aromatic N) is 1. The van der Waals surface area contributed by atoms with Crippen LogP contribution in [0.4, 0.5) is 0 Å². The van der Waals surface area contributed by atoms with Gasteiger partial charge in [-0.05, 0) is 0 Å². The van der Waals surface area contributed by atoms with E-state index in [1.807, 2.05) is 5.38 Å². The van der Waals surface area contributed by atoms with Crippen molar-refractivity contribution in [3.05, 3.63) is 16.6 Å². The molecule has 1 amide bonds. The Bertz CT molecular complexity index is 340. The van der Waals surface area contributed by atoms with Crippen LogP contribution in [0.1, 0.15) is 5.01 Å². The molecule has 0 bridgehead atoms. The van der Waals surface area contributed by atoms with Crippen LogP contribution >= 0.6 is 23.7 Å². The average molecular weight is 292 g/mol. The molecule has 18 heavy (non-hydrogen) atoms. The first-order valence-electron chi connectivity index (χ1n) is 5.81. The SMILES string of the molecule is Cl.O=C(NCCc1nccs1)C1CNCCOC1. The Balaban J connectivity index is 0.00000162. The molecule has 7 heteroatoms. The monoisotopic (exact) mass is 291 g/mol. The molecule has 1 unspecified atom stereocenters. The van der Waals surface area contributed by atoms with E-state index in [1.165, 1.54) is 0 Å². The molecule has 0 radical (unpaired) electrons. The van der Waals surface area contributed by atoms with Crippen LogP contribution in [-0.4, -0.2) is 43.7 Å². The second-order valence-electron chi connectivity index (χ2n) is 3.94. The second-order valence-corrected chi connectivity index (χ2v) is 4.92. The van der Waals surface area contributed by atoms with Gasteiger partial charge in [-0.3, -0.25) is 4.79 Å². The smallest absolute Gasteiger partial charge is 0.226 e. The summed E-state index contributed by atoms with van der Waals surface area (Å²) in [6.45, 7) is 3.35. The molecule has 1 aromatic heterocycles. The fourth-order valence-electron chi connectivity index (χ4n) is 1.69. The lowest BCUT2D eigenvalue weighted by Gasteiger charge is -2.13. The lowest BCUT2D eigenvalue weighted by atomic mass is 10.1. The van der Waals surface area contributed by atoms with Gasteiger partial charge in [-0.2, -0.15) is 0 Å².